The van der Waals surface area contributed by atoms with Crippen LogP contribution >= 0.6 is 11.6 Å². The van der Waals surface area contributed by atoms with Gasteiger partial charge in [0.05, 0.1) is 0 Å². The van der Waals surface area contributed by atoms with Crippen LogP contribution in [0.1, 0.15) is 27.9 Å². The molecule has 0 radical (unpaired) electrons. The van der Waals surface area contributed by atoms with E-state index in [4.69, 9.17) is 11.6 Å². The van der Waals surface area contributed by atoms with E-state index in [0.717, 1.165) is 11.1 Å². The first-order valence-electron chi connectivity index (χ1n) is 6.95. The zero-order valence-electron chi connectivity index (χ0n) is 12.2. The summed E-state index contributed by atoms with van der Waals surface area (Å²) in [5, 5.41) is 0.554. The Morgan fingerprint density at radius 1 is 1.05 bits per heavy atom. The van der Waals surface area contributed by atoms with Crippen molar-refractivity contribution in [2.24, 2.45) is 0 Å². The zero-order valence-corrected chi connectivity index (χ0v) is 13.0. The van der Waals surface area contributed by atoms with Crippen molar-refractivity contribution in [2.45, 2.75) is 19.8 Å². The van der Waals surface area contributed by atoms with Gasteiger partial charge in [0, 0.05) is 17.0 Å². The summed E-state index contributed by atoms with van der Waals surface area (Å²) in [5.41, 5.74) is 7.48. The van der Waals surface area contributed by atoms with E-state index in [1.54, 1.807) is 24.3 Å². The highest BCUT2D eigenvalue weighted by Crippen LogP contribution is 2.09. The molecule has 0 unspecified atom stereocenters. The molecule has 2 amide bonds. The van der Waals surface area contributed by atoms with Crippen LogP contribution in [0.3, 0.4) is 0 Å². The lowest BCUT2D eigenvalue weighted by atomic mass is 10.1. The minimum Gasteiger partial charge on any atom is -0.273 e. The van der Waals surface area contributed by atoms with Crippen molar-refractivity contribution in [1.29, 1.82) is 0 Å². The molecular formula is C17H17ClN2O2. The van der Waals surface area contributed by atoms with Gasteiger partial charge in [0.1, 0.15) is 0 Å². The Bertz CT molecular complexity index is 669. The van der Waals surface area contributed by atoms with E-state index < -0.39 is 0 Å². The number of carbonyl (C=O) groups excluding carboxylic acids is 2. The van der Waals surface area contributed by atoms with Gasteiger partial charge in [-0.2, -0.15) is 0 Å². The number of halogens is 1. The van der Waals surface area contributed by atoms with Crippen LogP contribution in [0.4, 0.5) is 0 Å². The van der Waals surface area contributed by atoms with Crippen molar-refractivity contribution in [3.05, 3.63) is 70.2 Å². The topological polar surface area (TPSA) is 58.2 Å². The first-order chi connectivity index (χ1) is 10.5. The Hall–Kier alpha value is -2.33. The highest BCUT2D eigenvalue weighted by molar-refractivity contribution is 6.30. The van der Waals surface area contributed by atoms with Gasteiger partial charge in [-0.05, 0) is 43.2 Å². The van der Waals surface area contributed by atoms with Gasteiger partial charge < -0.3 is 0 Å². The standard InChI is InChI=1S/C17H17ClN2O2/c1-12-3-2-4-13(11-12)5-10-16(21)19-20-17(22)14-6-8-15(18)9-7-14/h2-4,6-9,11H,5,10H2,1H3,(H,19,21)(H,20,22). The maximum atomic E-state index is 11.8. The number of amides is 2. The van der Waals surface area contributed by atoms with Crippen molar-refractivity contribution >= 4 is 23.4 Å². The average Bonchev–Trinajstić information content (AvgIpc) is 2.51. The number of carbonyl (C=O) groups is 2. The molecule has 0 bridgehead atoms. The van der Waals surface area contributed by atoms with Gasteiger partial charge in [-0.1, -0.05) is 41.4 Å². The van der Waals surface area contributed by atoms with E-state index in [1.165, 1.54) is 0 Å². The molecule has 0 aliphatic heterocycles. The van der Waals surface area contributed by atoms with Crippen LogP contribution in [-0.4, -0.2) is 11.8 Å². The minimum absolute atomic E-state index is 0.233. The van der Waals surface area contributed by atoms with Crippen LogP contribution in [0.5, 0.6) is 0 Å². The third-order valence-corrected chi connectivity index (χ3v) is 3.40. The SMILES string of the molecule is Cc1cccc(CCC(=O)NNC(=O)c2ccc(Cl)cc2)c1. The van der Waals surface area contributed by atoms with Crippen molar-refractivity contribution in [3.63, 3.8) is 0 Å². The first-order valence-corrected chi connectivity index (χ1v) is 7.33. The normalized spacial score (nSPS) is 10.1. The van der Waals surface area contributed by atoms with Crippen LogP contribution in [-0.2, 0) is 11.2 Å². The smallest absolute Gasteiger partial charge is 0.269 e. The van der Waals surface area contributed by atoms with Crippen LogP contribution in [0, 0.1) is 6.92 Å². The molecule has 114 valence electrons. The molecule has 0 fully saturated rings. The Balaban J connectivity index is 1.78. The molecule has 0 saturated heterocycles. The molecule has 0 aliphatic carbocycles. The van der Waals surface area contributed by atoms with E-state index in [1.807, 2.05) is 31.2 Å². The molecule has 0 atom stereocenters. The molecule has 0 spiro atoms. The number of aryl methyl sites for hydroxylation is 2. The summed E-state index contributed by atoms with van der Waals surface area (Å²) in [4.78, 5) is 23.6. The van der Waals surface area contributed by atoms with Gasteiger partial charge in [0.25, 0.3) is 5.91 Å². The monoisotopic (exact) mass is 316 g/mol. The van der Waals surface area contributed by atoms with Crippen LogP contribution in [0.25, 0.3) is 0 Å². The lowest BCUT2D eigenvalue weighted by Gasteiger charge is -2.08. The summed E-state index contributed by atoms with van der Waals surface area (Å²) >= 11 is 5.75. The third kappa shape index (κ3) is 4.90. The number of hydrogen-bond acceptors (Lipinski definition) is 2. The number of rotatable bonds is 4. The molecule has 2 aromatic carbocycles. The van der Waals surface area contributed by atoms with Gasteiger partial charge in [0.15, 0.2) is 0 Å². The molecule has 2 aromatic rings. The van der Waals surface area contributed by atoms with E-state index in [2.05, 4.69) is 10.9 Å². The number of hydrazine groups is 1. The molecule has 2 rings (SSSR count). The number of benzene rings is 2. The van der Waals surface area contributed by atoms with Crippen LogP contribution in [0.2, 0.25) is 5.02 Å². The van der Waals surface area contributed by atoms with Gasteiger partial charge in [-0.25, -0.2) is 0 Å². The molecule has 5 heteroatoms. The van der Waals surface area contributed by atoms with Crippen molar-refractivity contribution in [3.8, 4) is 0 Å². The fraction of sp³-hybridized carbons (Fsp3) is 0.176. The zero-order chi connectivity index (χ0) is 15.9. The summed E-state index contributed by atoms with van der Waals surface area (Å²) in [6.45, 7) is 2.01. The highest BCUT2D eigenvalue weighted by atomic mass is 35.5. The van der Waals surface area contributed by atoms with Crippen LogP contribution in [0.15, 0.2) is 48.5 Å². The summed E-state index contributed by atoms with van der Waals surface area (Å²) in [6.07, 6.45) is 0.939. The lowest BCUT2D eigenvalue weighted by Crippen LogP contribution is -2.41. The van der Waals surface area contributed by atoms with E-state index >= 15 is 0 Å². The molecule has 0 saturated carbocycles. The van der Waals surface area contributed by atoms with Crippen LogP contribution < -0.4 is 10.9 Å². The molecule has 22 heavy (non-hydrogen) atoms. The summed E-state index contributed by atoms with van der Waals surface area (Å²) in [6, 6.07) is 14.4. The fourth-order valence-electron chi connectivity index (χ4n) is 1.99. The largest absolute Gasteiger partial charge is 0.273 e. The predicted molar refractivity (Wildman–Crippen MR) is 86.6 cm³/mol. The maximum Gasteiger partial charge on any atom is 0.269 e. The molecule has 2 N–H and O–H groups in total. The fourth-order valence-corrected chi connectivity index (χ4v) is 2.11. The van der Waals surface area contributed by atoms with E-state index in [0.29, 0.717) is 23.4 Å². The average molecular weight is 317 g/mol. The molecule has 4 nitrogen and oxygen atoms in total. The van der Waals surface area contributed by atoms with Gasteiger partial charge in [-0.3, -0.25) is 20.4 Å². The second-order valence-corrected chi connectivity index (χ2v) is 5.43. The summed E-state index contributed by atoms with van der Waals surface area (Å²) < 4.78 is 0. The van der Waals surface area contributed by atoms with E-state index in [-0.39, 0.29) is 11.8 Å². The van der Waals surface area contributed by atoms with E-state index in [9.17, 15) is 9.59 Å². The van der Waals surface area contributed by atoms with Crippen molar-refractivity contribution in [2.75, 3.05) is 0 Å². The second-order valence-electron chi connectivity index (χ2n) is 5.00. The lowest BCUT2D eigenvalue weighted by molar-refractivity contribution is -0.121. The second kappa shape index (κ2) is 7.61. The Morgan fingerprint density at radius 2 is 1.77 bits per heavy atom. The molecule has 0 aliphatic rings. The molecular weight excluding hydrogens is 300 g/mol. The minimum atomic E-state index is -0.374. The van der Waals surface area contributed by atoms with Gasteiger partial charge in [0.2, 0.25) is 5.91 Å². The van der Waals surface area contributed by atoms with Crippen molar-refractivity contribution < 1.29 is 9.59 Å². The number of hydrogen-bond donors (Lipinski definition) is 2. The maximum absolute atomic E-state index is 11.8. The Labute approximate surface area is 134 Å². The molecule has 0 heterocycles. The third-order valence-electron chi connectivity index (χ3n) is 3.15. The van der Waals surface area contributed by atoms with Crippen molar-refractivity contribution in [1.82, 2.24) is 10.9 Å². The van der Waals surface area contributed by atoms with Gasteiger partial charge in [-0.15, -0.1) is 0 Å². The predicted octanol–water partition coefficient (Wildman–Crippen LogP) is 3.04. The Morgan fingerprint density at radius 3 is 2.45 bits per heavy atom. The number of nitrogens with one attached hydrogen (secondary N) is 2. The quantitative estimate of drug-likeness (QED) is 0.852. The highest BCUT2D eigenvalue weighted by Gasteiger charge is 2.07. The molecule has 0 aromatic heterocycles. The van der Waals surface area contributed by atoms with Gasteiger partial charge >= 0.3 is 0 Å². The summed E-state index contributed by atoms with van der Waals surface area (Å²) in [5.74, 6) is -0.607. The first kappa shape index (κ1) is 16.0. The Kier molecular flexibility index (Phi) is 5.55. The summed E-state index contributed by atoms with van der Waals surface area (Å²) in [7, 11) is 0.